The number of benzene rings is 3. The van der Waals surface area contributed by atoms with E-state index >= 15 is 0 Å². The highest BCUT2D eigenvalue weighted by Crippen LogP contribution is 2.47. The lowest BCUT2D eigenvalue weighted by Crippen LogP contribution is -2.33. The Kier molecular flexibility index (Phi) is 4.09. The molecule has 5 nitrogen and oxygen atoms in total. The van der Waals surface area contributed by atoms with E-state index in [9.17, 15) is 0 Å². The first kappa shape index (κ1) is 17.7. The molecule has 0 aromatic heterocycles. The molecule has 2 atom stereocenters. The van der Waals surface area contributed by atoms with Gasteiger partial charge < -0.3 is 14.2 Å². The van der Waals surface area contributed by atoms with Crippen molar-refractivity contribution in [2.75, 3.05) is 13.2 Å². The predicted molar refractivity (Wildman–Crippen MR) is 114 cm³/mol. The lowest BCUT2D eigenvalue weighted by Gasteiger charge is -2.38. The summed E-state index contributed by atoms with van der Waals surface area (Å²) in [7, 11) is 0. The molecule has 0 N–H and O–H groups in total. The topological polar surface area (TPSA) is 43.3 Å². The van der Waals surface area contributed by atoms with Crippen LogP contribution < -0.4 is 14.2 Å². The van der Waals surface area contributed by atoms with Crippen LogP contribution in [-0.2, 0) is 0 Å². The van der Waals surface area contributed by atoms with Gasteiger partial charge in [0.1, 0.15) is 19.0 Å². The molecule has 0 fully saturated rings. The molecule has 3 heterocycles. The fourth-order valence-corrected chi connectivity index (χ4v) is 4.40. The third kappa shape index (κ3) is 2.89. The van der Waals surface area contributed by atoms with E-state index in [1.807, 2.05) is 54.6 Å². The van der Waals surface area contributed by atoms with Gasteiger partial charge in [0.15, 0.2) is 11.5 Å². The zero-order chi connectivity index (χ0) is 20.1. The van der Waals surface area contributed by atoms with Gasteiger partial charge in [0, 0.05) is 28.1 Å². The first-order valence-corrected chi connectivity index (χ1v) is 10.4. The lowest BCUT2D eigenvalue weighted by atomic mass is 9.96. The van der Waals surface area contributed by atoms with Gasteiger partial charge in [-0.3, -0.25) is 0 Å². The van der Waals surface area contributed by atoms with Gasteiger partial charge in [-0.2, -0.15) is 5.10 Å². The highest BCUT2D eigenvalue weighted by atomic mass is 35.5. The number of halogens is 1. The Hall–Kier alpha value is -3.18. The first-order valence-electron chi connectivity index (χ1n) is 10.0. The van der Waals surface area contributed by atoms with Gasteiger partial charge in [0.2, 0.25) is 6.23 Å². The van der Waals surface area contributed by atoms with Crippen LogP contribution >= 0.6 is 11.6 Å². The molecule has 3 aromatic carbocycles. The van der Waals surface area contributed by atoms with E-state index in [-0.39, 0.29) is 12.3 Å². The molecule has 0 amide bonds. The van der Waals surface area contributed by atoms with E-state index < -0.39 is 0 Å². The maximum absolute atomic E-state index is 6.38. The van der Waals surface area contributed by atoms with Crippen LogP contribution in [0.2, 0.25) is 5.02 Å². The van der Waals surface area contributed by atoms with Crippen molar-refractivity contribution in [2.45, 2.75) is 18.7 Å². The van der Waals surface area contributed by atoms with Crippen LogP contribution in [0.15, 0.2) is 71.8 Å². The molecule has 3 aliphatic rings. The second-order valence-corrected chi connectivity index (χ2v) is 8.00. The van der Waals surface area contributed by atoms with Gasteiger partial charge >= 0.3 is 0 Å². The number of nitrogens with zero attached hydrogens (tertiary/aromatic N) is 2. The summed E-state index contributed by atoms with van der Waals surface area (Å²) in [6.07, 6.45) is 0.487. The number of hydrogen-bond acceptors (Lipinski definition) is 5. The molecule has 0 saturated carbocycles. The summed E-state index contributed by atoms with van der Waals surface area (Å²) < 4.78 is 17.8. The highest BCUT2D eigenvalue weighted by molar-refractivity contribution is 6.30. The van der Waals surface area contributed by atoms with Gasteiger partial charge in [0.05, 0.1) is 11.8 Å². The smallest absolute Gasteiger partial charge is 0.213 e. The Bertz CT molecular complexity index is 1150. The van der Waals surface area contributed by atoms with Crippen molar-refractivity contribution in [2.24, 2.45) is 5.10 Å². The molecule has 0 radical (unpaired) electrons. The van der Waals surface area contributed by atoms with E-state index in [1.54, 1.807) is 0 Å². The van der Waals surface area contributed by atoms with Crippen molar-refractivity contribution >= 4 is 17.3 Å². The zero-order valence-corrected chi connectivity index (χ0v) is 16.9. The molecule has 3 aromatic rings. The van der Waals surface area contributed by atoms with Crippen LogP contribution in [0, 0.1) is 0 Å². The molecule has 0 bridgehead atoms. The number of hydrogen-bond donors (Lipinski definition) is 0. The molecular weight excluding hydrogens is 400 g/mol. The maximum atomic E-state index is 6.38. The Morgan fingerprint density at radius 2 is 1.67 bits per heavy atom. The molecular formula is C24H19ClN2O3. The van der Waals surface area contributed by atoms with Gasteiger partial charge in [-0.05, 0) is 36.4 Å². The molecule has 0 saturated heterocycles. The third-order valence-electron chi connectivity index (χ3n) is 5.73. The van der Waals surface area contributed by atoms with Crippen molar-refractivity contribution in [3.63, 3.8) is 0 Å². The maximum Gasteiger partial charge on any atom is 0.213 e. The standard InChI is InChI=1S/C24H19ClN2O3/c25-17-8-5-15(6-9-17)24-27-20(18-3-1-2-4-21(18)30-24)14-19(26-27)16-7-10-22-23(13-16)29-12-11-28-22/h1-10,13,20,24H,11-12,14H2. The molecule has 2 unspecified atom stereocenters. The normalized spacial score (nSPS) is 21.4. The van der Waals surface area contributed by atoms with Crippen LogP contribution in [0.4, 0.5) is 0 Å². The molecule has 6 heteroatoms. The highest BCUT2D eigenvalue weighted by Gasteiger charge is 2.41. The van der Waals surface area contributed by atoms with Crippen molar-refractivity contribution in [3.8, 4) is 17.2 Å². The zero-order valence-electron chi connectivity index (χ0n) is 16.1. The summed E-state index contributed by atoms with van der Waals surface area (Å²) in [6.45, 7) is 1.15. The van der Waals surface area contributed by atoms with Crippen LogP contribution in [0.1, 0.15) is 35.4 Å². The summed E-state index contributed by atoms with van der Waals surface area (Å²) in [6, 6.07) is 22.1. The quantitative estimate of drug-likeness (QED) is 0.562. The Morgan fingerprint density at radius 3 is 2.53 bits per heavy atom. The van der Waals surface area contributed by atoms with Gasteiger partial charge in [-0.15, -0.1) is 0 Å². The van der Waals surface area contributed by atoms with Crippen LogP contribution in [-0.4, -0.2) is 23.9 Å². The first-order chi connectivity index (χ1) is 14.8. The molecule has 0 aliphatic carbocycles. The van der Waals surface area contributed by atoms with E-state index in [4.69, 9.17) is 30.9 Å². The fourth-order valence-electron chi connectivity index (χ4n) is 4.28. The van der Waals surface area contributed by atoms with Gasteiger partial charge in [0.25, 0.3) is 0 Å². The van der Waals surface area contributed by atoms with Crippen molar-refractivity contribution in [3.05, 3.63) is 88.4 Å². The average Bonchev–Trinajstić information content (AvgIpc) is 3.25. The third-order valence-corrected chi connectivity index (χ3v) is 5.98. The molecule has 3 aliphatic heterocycles. The summed E-state index contributed by atoms with van der Waals surface area (Å²) in [5.74, 6) is 2.46. The van der Waals surface area contributed by atoms with Crippen molar-refractivity contribution in [1.82, 2.24) is 5.01 Å². The van der Waals surface area contributed by atoms with Crippen LogP contribution in [0.3, 0.4) is 0 Å². The SMILES string of the molecule is Clc1ccc(C2Oc3ccccc3C3CC(c4ccc5c(c4)OCCO5)=NN32)cc1. The van der Waals surface area contributed by atoms with Gasteiger partial charge in [-0.25, -0.2) is 5.01 Å². The average molecular weight is 419 g/mol. The second-order valence-electron chi connectivity index (χ2n) is 7.56. The Morgan fingerprint density at radius 1 is 0.867 bits per heavy atom. The minimum atomic E-state index is -0.308. The molecule has 150 valence electrons. The molecule has 6 rings (SSSR count). The van der Waals surface area contributed by atoms with Crippen molar-refractivity contribution < 1.29 is 14.2 Å². The largest absolute Gasteiger partial charge is 0.486 e. The number of hydrazone groups is 1. The number of fused-ring (bicyclic) bond motifs is 4. The Balaban J connectivity index is 1.41. The Labute approximate surface area is 179 Å². The fraction of sp³-hybridized carbons (Fsp3) is 0.208. The van der Waals surface area contributed by atoms with Crippen LogP contribution in [0.25, 0.3) is 0 Å². The molecule has 30 heavy (non-hydrogen) atoms. The van der Waals surface area contributed by atoms with E-state index in [2.05, 4.69) is 17.1 Å². The van der Waals surface area contributed by atoms with Crippen molar-refractivity contribution in [1.29, 1.82) is 0 Å². The number of rotatable bonds is 2. The summed E-state index contributed by atoms with van der Waals surface area (Å²) in [5, 5.41) is 7.77. The van der Waals surface area contributed by atoms with E-state index in [0.717, 1.165) is 46.1 Å². The number of ether oxygens (including phenoxy) is 3. The van der Waals surface area contributed by atoms with E-state index in [1.165, 1.54) is 0 Å². The van der Waals surface area contributed by atoms with Gasteiger partial charge in [-0.1, -0.05) is 41.9 Å². The molecule has 0 spiro atoms. The monoisotopic (exact) mass is 418 g/mol. The number of para-hydroxylation sites is 1. The summed E-state index contributed by atoms with van der Waals surface area (Å²) >= 11 is 6.10. The summed E-state index contributed by atoms with van der Waals surface area (Å²) in [4.78, 5) is 0. The minimum Gasteiger partial charge on any atom is -0.486 e. The lowest BCUT2D eigenvalue weighted by molar-refractivity contribution is -0.0190. The van der Waals surface area contributed by atoms with Crippen LogP contribution in [0.5, 0.6) is 17.2 Å². The minimum absolute atomic E-state index is 0.110. The summed E-state index contributed by atoms with van der Waals surface area (Å²) in [5.41, 5.74) is 4.22. The van der Waals surface area contributed by atoms with E-state index in [0.29, 0.717) is 18.2 Å². The predicted octanol–water partition coefficient (Wildman–Crippen LogP) is 5.35. The second kappa shape index (κ2) is 6.96.